The first-order chi connectivity index (χ1) is 15.8. The van der Waals surface area contributed by atoms with Gasteiger partial charge < -0.3 is 0 Å². The Morgan fingerprint density at radius 3 is 2.41 bits per heavy atom. The van der Waals surface area contributed by atoms with Crippen molar-refractivity contribution in [2.24, 2.45) is 0 Å². The summed E-state index contributed by atoms with van der Waals surface area (Å²) in [6.07, 6.45) is 4.38. The summed E-state index contributed by atoms with van der Waals surface area (Å²) in [5, 5.41) is 10.8. The van der Waals surface area contributed by atoms with Crippen molar-refractivity contribution in [1.29, 1.82) is 0 Å². The molecule has 160 valence electrons. The number of hydrogen-bond acceptors (Lipinski definition) is 5. The Kier molecular flexibility index (Phi) is 5.08. The maximum absolute atomic E-state index is 13.8. The normalized spacial score (nSPS) is 13.6. The van der Waals surface area contributed by atoms with Crippen LogP contribution in [0.5, 0.6) is 0 Å². The highest BCUT2D eigenvalue weighted by Crippen LogP contribution is 2.36. The average Bonchev–Trinajstić information content (AvgIpc) is 3.43. The zero-order valence-corrected chi connectivity index (χ0v) is 19.2. The molecule has 0 saturated heterocycles. The van der Waals surface area contributed by atoms with Crippen molar-refractivity contribution < 1.29 is 0 Å². The minimum atomic E-state index is 0.0581. The molecule has 0 bridgehead atoms. The Morgan fingerprint density at radius 1 is 0.906 bits per heavy atom. The molecule has 0 amide bonds. The molecule has 0 N–H and O–H groups in total. The molecule has 0 aliphatic heterocycles. The van der Waals surface area contributed by atoms with Gasteiger partial charge in [-0.1, -0.05) is 72.4 Å². The van der Waals surface area contributed by atoms with Crippen LogP contribution in [0.25, 0.3) is 16.0 Å². The topological polar surface area (TPSA) is 52.2 Å². The van der Waals surface area contributed by atoms with E-state index in [1.807, 2.05) is 24.3 Å². The lowest BCUT2D eigenvalue weighted by molar-refractivity contribution is 0.698. The molecule has 0 fully saturated rings. The molecule has 5 nitrogen and oxygen atoms in total. The van der Waals surface area contributed by atoms with Crippen LogP contribution in [0.1, 0.15) is 34.4 Å². The van der Waals surface area contributed by atoms with E-state index in [0.717, 1.165) is 46.0 Å². The molecular formula is C25H22N4OS2. The zero-order chi connectivity index (χ0) is 21.5. The van der Waals surface area contributed by atoms with Crippen LogP contribution in [0.4, 0.5) is 0 Å². The van der Waals surface area contributed by atoms with Crippen LogP contribution in [-0.4, -0.2) is 19.2 Å². The van der Waals surface area contributed by atoms with Gasteiger partial charge in [0.25, 0.3) is 5.56 Å². The molecule has 7 heteroatoms. The molecule has 6 rings (SSSR count). The van der Waals surface area contributed by atoms with Gasteiger partial charge >= 0.3 is 0 Å². The highest BCUT2D eigenvalue weighted by atomic mass is 32.2. The lowest BCUT2D eigenvalue weighted by Crippen LogP contribution is -2.24. The molecule has 5 aromatic rings. The van der Waals surface area contributed by atoms with Crippen LogP contribution in [-0.2, 0) is 25.1 Å². The van der Waals surface area contributed by atoms with E-state index in [-0.39, 0.29) is 5.56 Å². The Hall–Kier alpha value is -2.90. The molecule has 3 heterocycles. The molecule has 0 saturated carbocycles. The summed E-state index contributed by atoms with van der Waals surface area (Å²) >= 11 is 3.43. The standard InChI is InChI=1S/C25H22N4OS2/c30-22-21-19-13-7-8-14-20(19)32-23(21)29-24(28(22)15-17-9-3-1-4-10-17)26-27-25(29)31-16-18-11-5-2-6-12-18/h1-6,9-12H,7-8,13-16H2. The highest BCUT2D eigenvalue weighted by molar-refractivity contribution is 7.98. The fourth-order valence-electron chi connectivity index (χ4n) is 4.49. The van der Waals surface area contributed by atoms with Crippen LogP contribution in [0.2, 0.25) is 0 Å². The molecule has 3 aromatic heterocycles. The minimum Gasteiger partial charge on any atom is -0.272 e. The third kappa shape index (κ3) is 3.36. The summed E-state index contributed by atoms with van der Waals surface area (Å²) < 4.78 is 3.93. The van der Waals surface area contributed by atoms with E-state index in [0.29, 0.717) is 12.3 Å². The van der Waals surface area contributed by atoms with Gasteiger partial charge in [0.15, 0.2) is 5.16 Å². The van der Waals surface area contributed by atoms with Crippen LogP contribution >= 0.6 is 23.1 Å². The van der Waals surface area contributed by atoms with Gasteiger partial charge in [-0.3, -0.25) is 9.36 Å². The van der Waals surface area contributed by atoms with Gasteiger partial charge in [0.2, 0.25) is 5.78 Å². The molecule has 0 spiro atoms. The first kappa shape index (κ1) is 19.8. The lowest BCUT2D eigenvalue weighted by Gasteiger charge is -2.12. The van der Waals surface area contributed by atoms with Gasteiger partial charge in [0.1, 0.15) is 4.83 Å². The quantitative estimate of drug-likeness (QED) is 0.334. The number of fused-ring (bicyclic) bond motifs is 5. The second-order valence-electron chi connectivity index (χ2n) is 8.16. The summed E-state index contributed by atoms with van der Waals surface area (Å²) in [5.41, 5.74) is 3.63. The maximum Gasteiger partial charge on any atom is 0.264 e. The third-order valence-electron chi connectivity index (χ3n) is 6.07. The molecule has 32 heavy (non-hydrogen) atoms. The summed E-state index contributed by atoms with van der Waals surface area (Å²) in [6.45, 7) is 0.491. The second-order valence-corrected chi connectivity index (χ2v) is 10.2. The second kappa shape index (κ2) is 8.22. The van der Waals surface area contributed by atoms with Gasteiger partial charge in [0, 0.05) is 10.6 Å². The zero-order valence-electron chi connectivity index (χ0n) is 17.5. The van der Waals surface area contributed by atoms with E-state index in [1.165, 1.54) is 22.4 Å². The smallest absolute Gasteiger partial charge is 0.264 e. The first-order valence-electron chi connectivity index (χ1n) is 10.9. The van der Waals surface area contributed by atoms with E-state index in [2.05, 4.69) is 51.0 Å². The molecular weight excluding hydrogens is 436 g/mol. The average molecular weight is 459 g/mol. The van der Waals surface area contributed by atoms with Crippen molar-refractivity contribution in [3.8, 4) is 0 Å². The molecule has 1 aliphatic carbocycles. The Balaban J connectivity index is 1.55. The van der Waals surface area contributed by atoms with Crippen LogP contribution in [0.3, 0.4) is 0 Å². The molecule has 0 atom stereocenters. The number of thiophene rings is 1. The number of rotatable bonds is 5. The van der Waals surface area contributed by atoms with Crippen LogP contribution in [0.15, 0.2) is 70.6 Å². The number of hydrogen-bond donors (Lipinski definition) is 0. The van der Waals surface area contributed by atoms with Crippen molar-refractivity contribution in [1.82, 2.24) is 19.2 Å². The third-order valence-corrected chi connectivity index (χ3v) is 8.34. The summed E-state index contributed by atoms with van der Waals surface area (Å²) in [4.78, 5) is 16.1. The highest BCUT2D eigenvalue weighted by Gasteiger charge is 2.25. The van der Waals surface area contributed by atoms with E-state index in [1.54, 1.807) is 27.7 Å². The molecule has 0 unspecified atom stereocenters. The van der Waals surface area contributed by atoms with Gasteiger partial charge in [0.05, 0.1) is 11.9 Å². The van der Waals surface area contributed by atoms with E-state index in [4.69, 9.17) is 0 Å². The molecule has 0 radical (unpaired) electrons. The number of thioether (sulfide) groups is 1. The number of aromatic nitrogens is 4. The largest absolute Gasteiger partial charge is 0.272 e. The Labute approximate surface area is 193 Å². The van der Waals surface area contributed by atoms with Gasteiger partial charge in [-0.25, -0.2) is 4.40 Å². The summed E-state index contributed by atoms with van der Waals surface area (Å²) in [6, 6.07) is 20.5. The summed E-state index contributed by atoms with van der Waals surface area (Å²) in [5.74, 6) is 1.44. The SMILES string of the molecule is O=c1c2c3c(sc2n2c(SCc4ccccc4)nnc2n1Cc1ccccc1)CCCC3. The number of benzene rings is 2. The van der Waals surface area contributed by atoms with Crippen LogP contribution < -0.4 is 5.56 Å². The van der Waals surface area contributed by atoms with Crippen molar-refractivity contribution in [2.75, 3.05) is 0 Å². The van der Waals surface area contributed by atoms with E-state index in [9.17, 15) is 4.79 Å². The Morgan fingerprint density at radius 2 is 1.62 bits per heavy atom. The van der Waals surface area contributed by atoms with Crippen molar-refractivity contribution in [3.63, 3.8) is 0 Å². The maximum atomic E-state index is 13.8. The van der Waals surface area contributed by atoms with E-state index >= 15 is 0 Å². The van der Waals surface area contributed by atoms with E-state index < -0.39 is 0 Å². The summed E-state index contributed by atoms with van der Waals surface area (Å²) in [7, 11) is 0. The fraction of sp³-hybridized carbons (Fsp3) is 0.240. The van der Waals surface area contributed by atoms with Gasteiger partial charge in [-0.2, -0.15) is 0 Å². The monoisotopic (exact) mass is 458 g/mol. The van der Waals surface area contributed by atoms with Crippen molar-refractivity contribution in [2.45, 2.75) is 43.1 Å². The van der Waals surface area contributed by atoms with Crippen molar-refractivity contribution in [3.05, 3.63) is 92.6 Å². The number of aryl methyl sites for hydroxylation is 2. The fourth-order valence-corrected chi connectivity index (χ4v) is 6.82. The molecule has 1 aliphatic rings. The Bertz CT molecular complexity index is 1470. The minimum absolute atomic E-state index is 0.0581. The van der Waals surface area contributed by atoms with Crippen LogP contribution in [0, 0.1) is 0 Å². The van der Waals surface area contributed by atoms with Gasteiger partial charge in [-0.05, 0) is 42.4 Å². The predicted octanol–water partition coefficient (Wildman–Crippen LogP) is 5.33. The van der Waals surface area contributed by atoms with Gasteiger partial charge in [-0.15, -0.1) is 21.5 Å². The predicted molar refractivity (Wildman–Crippen MR) is 131 cm³/mol. The first-order valence-corrected chi connectivity index (χ1v) is 12.7. The lowest BCUT2D eigenvalue weighted by atomic mass is 9.97. The van der Waals surface area contributed by atoms with Crippen molar-refractivity contribution >= 4 is 39.1 Å². The molecule has 2 aromatic carbocycles. The number of nitrogens with zero attached hydrogens (tertiary/aromatic N) is 4.